The number of nitrogens with zero attached hydrogens (tertiary/aromatic N) is 6. The van der Waals surface area contributed by atoms with Gasteiger partial charge in [0, 0.05) is 19.2 Å². The third kappa shape index (κ3) is 4.10. The van der Waals surface area contributed by atoms with Gasteiger partial charge in [-0.15, -0.1) is 0 Å². The molecule has 1 aliphatic carbocycles. The van der Waals surface area contributed by atoms with Gasteiger partial charge in [0.2, 0.25) is 0 Å². The van der Waals surface area contributed by atoms with Gasteiger partial charge in [-0.3, -0.25) is 0 Å². The zero-order valence-electron chi connectivity index (χ0n) is 16.7. The molecule has 3 aromatic heterocycles. The summed E-state index contributed by atoms with van der Waals surface area (Å²) in [4.78, 5) is 15.0. The molecule has 2 fully saturated rings. The molecule has 0 aromatic carbocycles. The van der Waals surface area contributed by atoms with E-state index in [-0.39, 0.29) is 22.6 Å². The van der Waals surface area contributed by atoms with Gasteiger partial charge in [0.1, 0.15) is 23.5 Å². The summed E-state index contributed by atoms with van der Waals surface area (Å²) in [5, 5.41) is 3.85. The predicted octanol–water partition coefficient (Wildman–Crippen LogP) is 2.92. The minimum Gasteiger partial charge on any atom is -0.356 e. The van der Waals surface area contributed by atoms with Crippen molar-refractivity contribution in [3.05, 3.63) is 36.4 Å². The van der Waals surface area contributed by atoms with Crippen LogP contribution in [0.1, 0.15) is 37.8 Å². The number of fused-ring (bicyclic) bond motifs is 1. The molecule has 8 nitrogen and oxygen atoms in total. The van der Waals surface area contributed by atoms with Crippen molar-refractivity contribution in [3.8, 4) is 11.4 Å². The highest BCUT2D eigenvalue weighted by Crippen LogP contribution is 2.32. The van der Waals surface area contributed by atoms with E-state index >= 15 is 0 Å². The average Bonchev–Trinajstić information content (AvgIpc) is 3.54. The molecule has 1 atom stereocenters. The largest absolute Gasteiger partial charge is 0.356 e. The summed E-state index contributed by atoms with van der Waals surface area (Å²) in [7, 11) is -3.01. The SMILES string of the molecule is O=S(=O)(C[C@H]1CCCN(c2cc(-c3cnc4ccc(C(F)F)nn34)ncn2)C1)C1CC1. The summed E-state index contributed by atoms with van der Waals surface area (Å²) in [6.07, 6.45) is 3.63. The molecule has 1 saturated heterocycles. The number of sulfone groups is 1. The Morgan fingerprint density at radius 3 is 2.74 bits per heavy atom. The van der Waals surface area contributed by atoms with Gasteiger partial charge in [0.25, 0.3) is 6.43 Å². The van der Waals surface area contributed by atoms with Crippen LogP contribution >= 0.6 is 0 Å². The van der Waals surface area contributed by atoms with E-state index in [9.17, 15) is 17.2 Å². The van der Waals surface area contributed by atoms with E-state index in [1.54, 1.807) is 12.3 Å². The fraction of sp³-hybridized carbons (Fsp3) is 0.500. The smallest absolute Gasteiger partial charge is 0.282 e. The van der Waals surface area contributed by atoms with Crippen molar-refractivity contribution in [2.75, 3.05) is 23.7 Å². The van der Waals surface area contributed by atoms with Gasteiger partial charge in [0.15, 0.2) is 15.5 Å². The Balaban J connectivity index is 1.40. The lowest BCUT2D eigenvalue weighted by atomic mass is 10.00. The Kier molecular flexibility index (Phi) is 5.07. The Morgan fingerprint density at radius 2 is 1.97 bits per heavy atom. The van der Waals surface area contributed by atoms with Crippen molar-refractivity contribution in [1.29, 1.82) is 0 Å². The van der Waals surface area contributed by atoms with E-state index in [1.165, 1.54) is 23.0 Å². The first-order valence-corrected chi connectivity index (χ1v) is 12.0. The molecule has 0 bridgehead atoms. The Labute approximate surface area is 178 Å². The number of halogens is 2. The molecule has 0 radical (unpaired) electrons. The maximum Gasteiger partial charge on any atom is 0.282 e. The van der Waals surface area contributed by atoms with Gasteiger partial charge in [-0.1, -0.05) is 0 Å². The van der Waals surface area contributed by atoms with E-state index in [1.807, 2.05) is 0 Å². The fourth-order valence-electron chi connectivity index (χ4n) is 4.14. The summed E-state index contributed by atoms with van der Waals surface area (Å²) in [6.45, 7) is 1.39. The van der Waals surface area contributed by atoms with Gasteiger partial charge < -0.3 is 4.90 Å². The molecule has 0 N–H and O–H groups in total. The minimum atomic E-state index is -3.01. The number of hydrogen-bond acceptors (Lipinski definition) is 7. The zero-order chi connectivity index (χ0) is 21.6. The van der Waals surface area contributed by atoms with Gasteiger partial charge in [-0.05, 0) is 43.7 Å². The first-order chi connectivity index (χ1) is 14.9. The fourth-order valence-corrected chi connectivity index (χ4v) is 6.20. The van der Waals surface area contributed by atoms with Gasteiger partial charge in [0.05, 0.1) is 22.9 Å². The Bertz CT molecular complexity index is 1210. The molecule has 31 heavy (non-hydrogen) atoms. The maximum atomic E-state index is 13.1. The minimum absolute atomic E-state index is 0.0730. The van der Waals surface area contributed by atoms with Crippen LogP contribution in [0.5, 0.6) is 0 Å². The van der Waals surface area contributed by atoms with Crippen molar-refractivity contribution in [1.82, 2.24) is 24.6 Å². The second kappa shape index (κ2) is 7.77. The van der Waals surface area contributed by atoms with Crippen molar-refractivity contribution in [2.24, 2.45) is 5.92 Å². The number of imidazole rings is 1. The van der Waals surface area contributed by atoms with Crippen LogP contribution in [0.3, 0.4) is 0 Å². The van der Waals surface area contributed by atoms with Crippen LogP contribution in [-0.4, -0.2) is 57.1 Å². The zero-order valence-corrected chi connectivity index (χ0v) is 17.5. The topological polar surface area (TPSA) is 93.4 Å². The molecule has 1 aliphatic heterocycles. The number of anilines is 1. The van der Waals surface area contributed by atoms with Crippen molar-refractivity contribution in [3.63, 3.8) is 0 Å². The molecule has 0 spiro atoms. The molecule has 4 heterocycles. The van der Waals surface area contributed by atoms with E-state index < -0.39 is 16.3 Å². The number of alkyl halides is 2. The molecule has 5 rings (SSSR count). The van der Waals surface area contributed by atoms with Crippen LogP contribution in [0.2, 0.25) is 0 Å². The second-order valence-electron chi connectivity index (χ2n) is 8.22. The number of rotatable bonds is 6. The monoisotopic (exact) mass is 448 g/mol. The molecule has 164 valence electrons. The third-order valence-corrected chi connectivity index (χ3v) is 8.29. The molecule has 2 aliphatic rings. The highest BCUT2D eigenvalue weighted by atomic mass is 32.2. The van der Waals surface area contributed by atoms with Crippen LogP contribution in [0.25, 0.3) is 17.0 Å². The van der Waals surface area contributed by atoms with Crippen LogP contribution in [0.4, 0.5) is 14.6 Å². The Morgan fingerprint density at radius 1 is 1.13 bits per heavy atom. The molecule has 3 aromatic rings. The van der Waals surface area contributed by atoms with Crippen LogP contribution in [0.15, 0.2) is 30.7 Å². The first kappa shape index (κ1) is 20.2. The molecule has 11 heteroatoms. The maximum absolute atomic E-state index is 13.1. The predicted molar refractivity (Wildman–Crippen MR) is 111 cm³/mol. The number of piperidine rings is 1. The molecular weight excluding hydrogens is 426 g/mol. The summed E-state index contributed by atoms with van der Waals surface area (Å²) in [5.74, 6) is 0.974. The quantitative estimate of drug-likeness (QED) is 0.572. The van der Waals surface area contributed by atoms with Crippen molar-refractivity contribution in [2.45, 2.75) is 37.4 Å². The lowest BCUT2D eigenvalue weighted by Crippen LogP contribution is -2.39. The lowest BCUT2D eigenvalue weighted by Gasteiger charge is -2.33. The second-order valence-corrected chi connectivity index (χ2v) is 10.5. The average molecular weight is 448 g/mol. The summed E-state index contributed by atoms with van der Waals surface area (Å²) in [6, 6.07) is 4.53. The molecule has 1 saturated carbocycles. The van der Waals surface area contributed by atoms with Crippen molar-refractivity contribution >= 4 is 21.3 Å². The normalized spacial score (nSPS) is 20.0. The van der Waals surface area contributed by atoms with E-state index in [4.69, 9.17) is 0 Å². The number of hydrogen-bond donors (Lipinski definition) is 0. The van der Waals surface area contributed by atoms with Crippen LogP contribution in [0, 0.1) is 5.92 Å². The molecule has 0 amide bonds. The van der Waals surface area contributed by atoms with Gasteiger partial charge in [-0.25, -0.2) is 36.7 Å². The Hall–Kier alpha value is -2.69. The van der Waals surface area contributed by atoms with E-state index in [0.29, 0.717) is 29.4 Å². The van der Waals surface area contributed by atoms with Gasteiger partial charge >= 0.3 is 0 Å². The lowest BCUT2D eigenvalue weighted by molar-refractivity contribution is 0.144. The summed E-state index contributed by atoms with van der Waals surface area (Å²) in [5.41, 5.74) is 1.12. The number of aromatic nitrogens is 5. The summed E-state index contributed by atoms with van der Waals surface area (Å²) < 4.78 is 52.3. The van der Waals surface area contributed by atoms with E-state index in [2.05, 4.69) is 25.0 Å². The molecule has 0 unspecified atom stereocenters. The third-order valence-electron chi connectivity index (χ3n) is 5.86. The van der Waals surface area contributed by atoms with Crippen LogP contribution in [-0.2, 0) is 9.84 Å². The van der Waals surface area contributed by atoms with Crippen molar-refractivity contribution < 1.29 is 17.2 Å². The molecular formula is C20H22F2N6O2S. The highest BCUT2D eigenvalue weighted by molar-refractivity contribution is 7.92. The van der Waals surface area contributed by atoms with E-state index in [0.717, 1.165) is 32.2 Å². The van der Waals surface area contributed by atoms with Crippen LogP contribution < -0.4 is 4.90 Å². The van der Waals surface area contributed by atoms with Gasteiger partial charge in [-0.2, -0.15) is 5.10 Å². The first-order valence-electron chi connectivity index (χ1n) is 10.3. The summed E-state index contributed by atoms with van der Waals surface area (Å²) >= 11 is 0. The standard InChI is InChI=1S/C20H22F2N6O2S/c21-20(22)15-5-6-18-23-9-17(28(18)26-15)16-8-19(25-12-24-16)27-7-1-2-13(10-27)11-31(29,30)14-3-4-14/h5-6,8-9,12-14,20H,1-4,7,10-11H2/t13-/m0/s1. The highest BCUT2D eigenvalue weighted by Gasteiger charge is 2.38.